The smallest absolute Gasteiger partial charge is 0.404 e. The molecule has 1 aliphatic rings. The van der Waals surface area contributed by atoms with Crippen LogP contribution in [0.25, 0.3) is 0 Å². The van der Waals surface area contributed by atoms with Gasteiger partial charge in [0.25, 0.3) is 0 Å². The Hall–Kier alpha value is -0.480. The van der Waals surface area contributed by atoms with Gasteiger partial charge in [-0.2, -0.15) is 0 Å². The Morgan fingerprint density at radius 1 is 1.33 bits per heavy atom. The average Bonchev–Trinajstić information content (AvgIpc) is 1.93. The molecule has 4 nitrogen and oxygen atoms in total. The highest BCUT2D eigenvalue weighted by molar-refractivity contribution is 5.85. The van der Waals surface area contributed by atoms with E-state index in [2.05, 4.69) is 5.32 Å². The maximum atomic E-state index is 10.2. The number of nitrogens with one attached hydrogen (secondary N) is 1. The van der Waals surface area contributed by atoms with Gasteiger partial charge in [-0.25, -0.2) is 4.79 Å². The Morgan fingerprint density at radius 3 is 2.25 bits per heavy atom. The van der Waals surface area contributed by atoms with Crippen molar-refractivity contribution in [3.8, 4) is 0 Å². The first-order chi connectivity index (χ1) is 5.18. The van der Waals surface area contributed by atoms with E-state index in [1.165, 1.54) is 0 Å². The summed E-state index contributed by atoms with van der Waals surface area (Å²) in [5.41, 5.74) is 5.65. The number of rotatable bonds is 1. The lowest BCUT2D eigenvalue weighted by atomic mass is 9.92. The van der Waals surface area contributed by atoms with Gasteiger partial charge in [-0.15, -0.1) is 12.4 Å². The first-order valence-electron chi connectivity index (χ1n) is 3.93. The molecule has 4 N–H and O–H groups in total. The van der Waals surface area contributed by atoms with Gasteiger partial charge in [0.2, 0.25) is 0 Å². The van der Waals surface area contributed by atoms with Crippen LogP contribution in [-0.2, 0) is 0 Å². The van der Waals surface area contributed by atoms with Crippen molar-refractivity contribution in [1.29, 1.82) is 0 Å². The molecule has 0 bridgehead atoms. The van der Waals surface area contributed by atoms with E-state index in [1.807, 2.05) is 0 Å². The SMILES string of the molecule is Cl.N[C@H]1CC[C@H](NC(=O)O)CC1. The van der Waals surface area contributed by atoms with E-state index >= 15 is 0 Å². The number of carbonyl (C=O) groups is 1. The fourth-order valence-corrected chi connectivity index (χ4v) is 1.44. The average molecular weight is 195 g/mol. The number of hydrogen-bond donors (Lipinski definition) is 3. The molecule has 1 saturated carbocycles. The zero-order valence-corrected chi connectivity index (χ0v) is 7.64. The normalized spacial score (nSPS) is 28.8. The Morgan fingerprint density at radius 2 is 1.83 bits per heavy atom. The minimum absolute atomic E-state index is 0. The van der Waals surface area contributed by atoms with Crippen LogP contribution in [0.4, 0.5) is 4.79 Å². The lowest BCUT2D eigenvalue weighted by Crippen LogP contribution is -2.39. The summed E-state index contributed by atoms with van der Waals surface area (Å²) in [6.45, 7) is 0. The zero-order valence-electron chi connectivity index (χ0n) is 6.82. The number of hydrogen-bond acceptors (Lipinski definition) is 2. The molecule has 1 rings (SSSR count). The molecule has 0 aromatic rings. The van der Waals surface area contributed by atoms with Crippen molar-refractivity contribution in [2.45, 2.75) is 37.8 Å². The molecule has 0 atom stereocenters. The van der Waals surface area contributed by atoms with Crippen molar-refractivity contribution in [3.05, 3.63) is 0 Å². The van der Waals surface area contributed by atoms with Gasteiger partial charge in [0.1, 0.15) is 0 Å². The fourth-order valence-electron chi connectivity index (χ4n) is 1.44. The number of carboxylic acid groups (broad SMARTS) is 1. The van der Waals surface area contributed by atoms with E-state index < -0.39 is 6.09 Å². The molecule has 0 aliphatic heterocycles. The third kappa shape index (κ3) is 3.78. The van der Waals surface area contributed by atoms with E-state index in [0.29, 0.717) is 0 Å². The zero-order chi connectivity index (χ0) is 8.27. The Balaban J connectivity index is 0.00000121. The molecule has 1 fully saturated rings. The summed E-state index contributed by atoms with van der Waals surface area (Å²) >= 11 is 0. The summed E-state index contributed by atoms with van der Waals surface area (Å²) in [6, 6.07) is 0.411. The molecule has 1 aliphatic carbocycles. The van der Waals surface area contributed by atoms with Crippen LogP contribution < -0.4 is 11.1 Å². The molecule has 1 amide bonds. The van der Waals surface area contributed by atoms with Crippen LogP contribution >= 0.6 is 12.4 Å². The number of nitrogens with two attached hydrogens (primary N) is 1. The van der Waals surface area contributed by atoms with Crippen LogP contribution in [0.2, 0.25) is 0 Å². The standard InChI is InChI=1S/C7H14N2O2.ClH/c8-5-1-3-6(4-2-5)9-7(10)11;/h5-6,9H,1-4,8H2,(H,10,11);1H/t5-,6-;. The predicted octanol–water partition coefficient (Wildman–Crippen LogP) is 0.946. The van der Waals surface area contributed by atoms with Gasteiger partial charge in [-0.3, -0.25) is 0 Å². The predicted molar refractivity (Wildman–Crippen MR) is 48.6 cm³/mol. The molecular formula is C7H15ClN2O2. The van der Waals surface area contributed by atoms with Crippen molar-refractivity contribution in [2.24, 2.45) is 5.73 Å². The minimum atomic E-state index is -0.925. The topological polar surface area (TPSA) is 75.3 Å². The lowest BCUT2D eigenvalue weighted by Gasteiger charge is -2.25. The highest BCUT2D eigenvalue weighted by atomic mass is 35.5. The molecule has 0 radical (unpaired) electrons. The van der Waals surface area contributed by atoms with E-state index in [9.17, 15) is 4.79 Å². The Labute approximate surface area is 77.9 Å². The quantitative estimate of drug-likeness (QED) is 0.582. The van der Waals surface area contributed by atoms with Crippen molar-refractivity contribution in [3.63, 3.8) is 0 Å². The van der Waals surface area contributed by atoms with Crippen LogP contribution in [0.1, 0.15) is 25.7 Å². The van der Waals surface area contributed by atoms with Crippen molar-refractivity contribution in [1.82, 2.24) is 5.32 Å². The van der Waals surface area contributed by atoms with Gasteiger partial charge in [-0.05, 0) is 25.7 Å². The van der Waals surface area contributed by atoms with Crippen molar-refractivity contribution >= 4 is 18.5 Å². The van der Waals surface area contributed by atoms with E-state index in [-0.39, 0.29) is 24.5 Å². The van der Waals surface area contributed by atoms with Crippen LogP contribution in [0.3, 0.4) is 0 Å². The molecular weight excluding hydrogens is 180 g/mol. The summed E-state index contributed by atoms with van der Waals surface area (Å²) in [7, 11) is 0. The van der Waals surface area contributed by atoms with Gasteiger partial charge in [-0.1, -0.05) is 0 Å². The Bertz CT molecular complexity index is 146. The van der Waals surface area contributed by atoms with Crippen LogP contribution in [0, 0.1) is 0 Å². The third-order valence-electron chi connectivity index (χ3n) is 2.10. The van der Waals surface area contributed by atoms with Crippen molar-refractivity contribution in [2.75, 3.05) is 0 Å². The second-order valence-electron chi connectivity index (χ2n) is 3.06. The maximum absolute atomic E-state index is 10.2. The van der Waals surface area contributed by atoms with E-state index in [0.717, 1.165) is 25.7 Å². The fraction of sp³-hybridized carbons (Fsp3) is 0.857. The molecule has 0 aromatic heterocycles. The second kappa shape index (κ2) is 5.22. The highest BCUT2D eigenvalue weighted by Crippen LogP contribution is 2.16. The molecule has 0 unspecified atom stereocenters. The monoisotopic (exact) mass is 194 g/mol. The molecule has 5 heteroatoms. The molecule has 0 heterocycles. The number of halogens is 1. The van der Waals surface area contributed by atoms with E-state index in [4.69, 9.17) is 10.8 Å². The summed E-state index contributed by atoms with van der Waals surface area (Å²) < 4.78 is 0. The molecule has 0 spiro atoms. The van der Waals surface area contributed by atoms with Gasteiger partial charge >= 0.3 is 6.09 Å². The van der Waals surface area contributed by atoms with Crippen LogP contribution in [0.5, 0.6) is 0 Å². The largest absolute Gasteiger partial charge is 0.465 e. The second-order valence-corrected chi connectivity index (χ2v) is 3.06. The first kappa shape index (κ1) is 11.5. The van der Waals surface area contributed by atoms with Gasteiger partial charge in [0.05, 0.1) is 0 Å². The Kier molecular flexibility index (Phi) is 5.01. The minimum Gasteiger partial charge on any atom is -0.465 e. The summed E-state index contributed by atoms with van der Waals surface area (Å²) in [5.74, 6) is 0. The number of amides is 1. The van der Waals surface area contributed by atoms with Crippen LogP contribution in [0.15, 0.2) is 0 Å². The molecule has 0 aromatic carbocycles. The van der Waals surface area contributed by atoms with Gasteiger partial charge in [0, 0.05) is 12.1 Å². The summed E-state index contributed by atoms with van der Waals surface area (Å²) in [5, 5.41) is 10.9. The molecule has 0 saturated heterocycles. The van der Waals surface area contributed by atoms with E-state index in [1.54, 1.807) is 0 Å². The first-order valence-corrected chi connectivity index (χ1v) is 3.93. The van der Waals surface area contributed by atoms with Crippen LogP contribution in [-0.4, -0.2) is 23.3 Å². The summed E-state index contributed by atoms with van der Waals surface area (Å²) in [4.78, 5) is 10.2. The maximum Gasteiger partial charge on any atom is 0.404 e. The highest BCUT2D eigenvalue weighted by Gasteiger charge is 2.19. The molecule has 72 valence electrons. The molecule has 12 heavy (non-hydrogen) atoms. The van der Waals surface area contributed by atoms with Gasteiger partial charge < -0.3 is 16.2 Å². The van der Waals surface area contributed by atoms with Gasteiger partial charge in [0.15, 0.2) is 0 Å². The third-order valence-corrected chi connectivity index (χ3v) is 2.10. The lowest BCUT2D eigenvalue weighted by molar-refractivity contribution is 0.185. The summed E-state index contributed by atoms with van der Waals surface area (Å²) in [6.07, 6.45) is 2.71. The van der Waals surface area contributed by atoms with Crippen molar-refractivity contribution < 1.29 is 9.90 Å².